The van der Waals surface area contributed by atoms with Crippen LogP contribution >= 0.6 is 22.7 Å². The molecule has 232 valence electrons. The monoisotopic (exact) mass is 650 g/mol. The minimum Gasteiger partial charge on any atom is -0.506 e. The van der Waals surface area contributed by atoms with E-state index in [0.717, 1.165) is 38.5 Å². The number of aliphatic hydroxyl groups excluding tert-OH is 1. The van der Waals surface area contributed by atoms with E-state index >= 15 is 0 Å². The van der Waals surface area contributed by atoms with Gasteiger partial charge in [0.2, 0.25) is 0 Å². The first-order valence-corrected chi connectivity index (χ1v) is 15.9. The number of nitrogens with one attached hydrogen (secondary N) is 1. The number of nitrogens with zero attached hydrogens (tertiary/aromatic N) is 4. The summed E-state index contributed by atoms with van der Waals surface area (Å²) in [5, 5.41) is 15.0. The maximum Gasteiger partial charge on any atom is 0.313 e. The highest BCUT2D eigenvalue weighted by Crippen LogP contribution is 2.23. The Morgan fingerprint density at radius 1 is 0.957 bits per heavy atom. The summed E-state index contributed by atoms with van der Waals surface area (Å²) >= 11 is 2.82. The molecule has 0 aliphatic carbocycles. The number of hydrogen-bond acceptors (Lipinski definition) is 10. The summed E-state index contributed by atoms with van der Waals surface area (Å²) in [6.07, 6.45) is 8.59. The topological polar surface area (TPSA) is 148 Å². The summed E-state index contributed by atoms with van der Waals surface area (Å²) in [6.45, 7) is 2.03. The van der Waals surface area contributed by atoms with E-state index in [2.05, 4.69) is 24.7 Å². The fraction of sp³-hybridized carbons (Fsp3) is 0.0882. The van der Waals surface area contributed by atoms with Gasteiger partial charge in [0, 0.05) is 47.5 Å². The average Bonchev–Trinajstić information content (AvgIpc) is 3.89. The number of nitrogen functional groups attached to an aromatic ring is 1. The summed E-state index contributed by atoms with van der Waals surface area (Å²) in [4.78, 5) is 39.8. The second kappa shape index (κ2) is 15.4. The summed E-state index contributed by atoms with van der Waals surface area (Å²) in [6, 6.07) is 22.8. The third-order valence-corrected chi connectivity index (χ3v) is 8.23. The van der Waals surface area contributed by atoms with Crippen LogP contribution in [0.25, 0.3) is 39.8 Å². The predicted molar refractivity (Wildman–Crippen MR) is 184 cm³/mol. The minimum atomic E-state index is -0.457. The van der Waals surface area contributed by atoms with Gasteiger partial charge in [-0.05, 0) is 54.1 Å². The molecule has 0 radical (unpaired) electrons. The number of aromatic amines is 1. The SMILES string of the molecule is CCOC(=O)CC(=O)c1cccs1.Nc1ccccc1-c1ncc[nH]1.O/C(=C\c1nc2ccccc2c2nccn12)c1cccs1. The second-order valence-electron chi connectivity index (χ2n) is 9.52. The molecule has 0 saturated heterocycles. The standard InChI is InChI=1S/C16H11N3OS.C9H9N3.C9H10O3S/c20-13(14-6-3-9-21-14)10-15-18-12-5-2-1-4-11(12)16-17-7-8-19(15)16;10-8-4-2-1-3-7(8)9-11-5-6-12-9;1-2-12-9(11)6-7(10)8-4-3-5-13-8/h1-10,20H;1-6H,10H2,(H,11,12);3-5H,2,6H2,1H3/b13-10-;;. The lowest BCUT2D eigenvalue weighted by atomic mass is 10.2. The first-order valence-electron chi connectivity index (χ1n) is 14.2. The molecule has 0 unspecified atom stereocenters. The number of fused-ring (bicyclic) bond motifs is 3. The van der Waals surface area contributed by atoms with Crippen LogP contribution in [-0.2, 0) is 9.53 Å². The fourth-order valence-corrected chi connectivity index (χ4v) is 5.64. The van der Waals surface area contributed by atoms with Crippen molar-refractivity contribution in [1.29, 1.82) is 0 Å². The number of aromatic nitrogens is 5. The number of para-hydroxylation sites is 2. The molecule has 7 aromatic rings. The van der Waals surface area contributed by atoms with Gasteiger partial charge in [-0.2, -0.15) is 0 Å². The van der Waals surface area contributed by atoms with Gasteiger partial charge in [-0.1, -0.05) is 36.4 Å². The molecule has 4 N–H and O–H groups in total. The van der Waals surface area contributed by atoms with Crippen LogP contribution in [0.3, 0.4) is 0 Å². The number of nitrogens with two attached hydrogens (primary N) is 1. The normalized spacial score (nSPS) is 10.9. The van der Waals surface area contributed by atoms with Crippen molar-refractivity contribution in [3.8, 4) is 11.4 Å². The van der Waals surface area contributed by atoms with Crippen LogP contribution < -0.4 is 5.73 Å². The summed E-state index contributed by atoms with van der Waals surface area (Å²) < 4.78 is 6.54. The molecule has 0 aliphatic rings. The second-order valence-corrected chi connectivity index (χ2v) is 11.4. The lowest BCUT2D eigenvalue weighted by Crippen LogP contribution is -2.10. The van der Waals surface area contributed by atoms with Gasteiger partial charge in [0.25, 0.3) is 0 Å². The van der Waals surface area contributed by atoms with Gasteiger partial charge in [-0.15, -0.1) is 22.7 Å². The summed E-state index contributed by atoms with van der Waals surface area (Å²) in [5.41, 5.74) is 9.14. The van der Waals surface area contributed by atoms with Crippen LogP contribution in [0.5, 0.6) is 0 Å². The number of rotatable bonds is 7. The van der Waals surface area contributed by atoms with E-state index in [1.54, 1.807) is 49.1 Å². The van der Waals surface area contributed by atoms with Gasteiger partial charge in [0.1, 0.15) is 29.5 Å². The predicted octanol–water partition coefficient (Wildman–Crippen LogP) is 7.54. The molecule has 0 atom stereocenters. The number of benzene rings is 2. The van der Waals surface area contributed by atoms with E-state index < -0.39 is 5.97 Å². The maximum absolute atomic E-state index is 11.3. The Kier molecular flexibility index (Phi) is 10.7. The molecule has 46 heavy (non-hydrogen) atoms. The lowest BCUT2D eigenvalue weighted by Gasteiger charge is -2.05. The Morgan fingerprint density at radius 3 is 2.39 bits per heavy atom. The van der Waals surface area contributed by atoms with E-state index in [4.69, 9.17) is 5.73 Å². The molecule has 0 spiro atoms. The quantitative estimate of drug-likeness (QED) is 0.0527. The molecule has 0 fully saturated rings. The van der Waals surface area contributed by atoms with Crippen LogP contribution in [0.2, 0.25) is 0 Å². The van der Waals surface area contributed by atoms with E-state index in [1.165, 1.54) is 22.7 Å². The van der Waals surface area contributed by atoms with Crippen LogP contribution in [0.15, 0.2) is 108 Å². The van der Waals surface area contributed by atoms with Crippen molar-refractivity contribution in [2.75, 3.05) is 12.3 Å². The Labute approximate surface area is 272 Å². The Bertz CT molecular complexity index is 2050. The molecule has 10 nitrogen and oxygen atoms in total. The molecule has 0 amide bonds. The zero-order chi connectivity index (χ0) is 32.3. The third kappa shape index (κ3) is 7.92. The third-order valence-electron chi connectivity index (χ3n) is 6.43. The number of aliphatic hydroxyl groups is 1. The Morgan fingerprint density at radius 2 is 1.70 bits per heavy atom. The number of thiophene rings is 2. The largest absolute Gasteiger partial charge is 0.506 e. The van der Waals surface area contributed by atoms with Crippen molar-refractivity contribution in [1.82, 2.24) is 24.3 Å². The highest BCUT2D eigenvalue weighted by atomic mass is 32.1. The first-order chi connectivity index (χ1) is 22.4. The molecule has 0 bridgehead atoms. The van der Waals surface area contributed by atoms with Crippen LogP contribution in [0.4, 0.5) is 5.69 Å². The van der Waals surface area contributed by atoms with Crippen molar-refractivity contribution in [3.05, 3.63) is 124 Å². The highest BCUT2D eigenvalue weighted by Gasteiger charge is 2.13. The molecule has 7 rings (SSSR count). The number of anilines is 1. The number of imidazole rings is 2. The molecule has 0 saturated carbocycles. The van der Waals surface area contributed by atoms with Crippen LogP contribution in [-0.4, -0.2) is 47.8 Å². The van der Waals surface area contributed by atoms with Crippen molar-refractivity contribution in [3.63, 3.8) is 0 Å². The number of hydrogen-bond donors (Lipinski definition) is 3. The zero-order valence-corrected chi connectivity index (χ0v) is 26.4. The van der Waals surface area contributed by atoms with Crippen LogP contribution in [0, 0.1) is 0 Å². The zero-order valence-electron chi connectivity index (χ0n) is 24.7. The fourth-order valence-electron chi connectivity index (χ4n) is 4.34. The van der Waals surface area contributed by atoms with E-state index in [9.17, 15) is 14.7 Å². The number of ketones is 1. The number of carbonyl (C=O) groups excluding carboxylic acids is 2. The summed E-state index contributed by atoms with van der Waals surface area (Å²) in [5.74, 6) is 1.05. The van der Waals surface area contributed by atoms with Crippen LogP contribution in [0.1, 0.15) is 33.7 Å². The van der Waals surface area contributed by atoms with Gasteiger partial charge in [-0.25, -0.2) is 15.0 Å². The number of esters is 1. The van der Waals surface area contributed by atoms with Crippen molar-refractivity contribution in [2.24, 2.45) is 0 Å². The molecular weight excluding hydrogens is 621 g/mol. The maximum atomic E-state index is 11.3. The smallest absolute Gasteiger partial charge is 0.313 e. The minimum absolute atomic E-state index is 0.158. The van der Waals surface area contributed by atoms with Crippen molar-refractivity contribution < 1.29 is 19.4 Å². The van der Waals surface area contributed by atoms with E-state index in [-0.39, 0.29) is 18.0 Å². The molecule has 2 aromatic carbocycles. The Hall–Kier alpha value is -5.59. The van der Waals surface area contributed by atoms with Crippen molar-refractivity contribution >= 4 is 68.5 Å². The number of carbonyl (C=O) groups is 2. The molecule has 0 aliphatic heterocycles. The Balaban J connectivity index is 0.000000145. The van der Waals surface area contributed by atoms with Gasteiger partial charge < -0.3 is 20.6 Å². The highest BCUT2D eigenvalue weighted by molar-refractivity contribution is 7.12. The lowest BCUT2D eigenvalue weighted by molar-refractivity contribution is -0.141. The summed E-state index contributed by atoms with van der Waals surface area (Å²) in [7, 11) is 0. The van der Waals surface area contributed by atoms with Gasteiger partial charge in [0.15, 0.2) is 5.78 Å². The van der Waals surface area contributed by atoms with Gasteiger partial charge in [0.05, 0.1) is 21.9 Å². The number of H-pyrrole nitrogens is 1. The van der Waals surface area contributed by atoms with E-state index in [1.807, 2.05) is 76.6 Å². The first kappa shape index (κ1) is 31.8. The van der Waals surface area contributed by atoms with Gasteiger partial charge >= 0.3 is 5.97 Å². The molecular formula is C34H30N6O4S2. The average molecular weight is 651 g/mol. The van der Waals surface area contributed by atoms with Crippen molar-refractivity contribution in [2.45, 2.75) is 13.3 Å². The number of ether oxygens (including phenoxy) is 1. The molecule has 12 heteroatoms. The molecule has 5 aromatic heterocycles. The number of Topliss-reactive ketones (excluding diaryl/α,β-unsaturated/α-hetero) is 1. The van der Waals surface area contributed by atoms with Gasteiger partial charge in [-0.3, -0.25) is 14.0 Å². The molecule has 5 heterocycles. The van der Waals surface area contributed by atoms with E-state index in [0.29, 0.717) is 17.3 Å².